The Balaban J connectivity index is 0.00000277. The van der Waals surface area contributed by atoms with Crippen LogP contribution in [0.1, 0.15) is 40.3 Å². The summed E-state index contributed by atoms with van der Waals surface area (Å²) in [7, 11) is 1.66. The number of aromatic nitrogens is 2. The molecule has 2 atom stereocenters. The molecular formula is C31H31ClN4O3. The Bertz CT molecular complexity index is 1560. The van der Waals surface area contributed by atoms with E-state index in [-0.39, 0.29) is 24.2 Å². The molecular weight excluding hydrogens is 512 g/mol. The summed E-state index contributed by atoms with van der Waals surface area (Å²) in [5.41, 5.74) is 6.92. The van der Waals surface area contributed by atoms with Gasteiger partial charge in [0.15, 0.2) is 0 Å². The molecule has 3 aliphatic rings. The SMILES string of the molecule is COc1ccc2c(c1)[C@]1(C[C@H]1c1ccc3c(C=Cc4ccc(CN5CCOCC5)cc4)n[nH]c3c1)C(=O)N2.Cl. The number of methoxy groups -OCH3 is 1. The van der Waals surface area contributed by atoms with Gasteiger partial charge in [0, 0.05) is 36.6 Å². The number of nitrogens with zero attached hydrogens (tertiary/aromatic N) is 2. The van der Waals surface area contributed by atoms with Crippen molar-refractivity contribution in [1.82, 2.24) is 15.1 Å². The second-order valence-electron chi connectivity index (χ2n) is 10.5. The fourth-order valence-corrected chi connectivity index (χ4v) is 6.03. The Labute approximate surface area is 233 Å². The Morgan fingerprint density at radius 2 is 1.90 bits per heavy atom. The van der Waals surface area contributed by atoms with Crippen LogP contribution in [0.15, 0.2) is 60.7 Å². The molecule has 2 fully saturated rings. The number of benzene rings is 3. The lowest BCUT2D eigenvalue weighted by atomic mass is 9.91. The first-order valence-corrected chi connectivity index (χ1v) is 13.2. The third-order valence-corrected chi connectivity index (χ3v) is 8.26. The van der Waals surface area contributed by atoms with Crippen molar-refractivity contribution in [3.63, 3.8) is 0 Å². The zero-order chi connectivity index (χ0) is 25.7. The molecule has 3 heterocycles. The van der Waals surface area contributed by atoms with Crippen LogP contribution in [0.4, 0.5) is 5.69 Å². The minimum atomic E-state index is -0.506. The second-order valence-corrected chi connectivity index (χ2v) is 10.5. The van der Waals surface area contributed by atoms with Gasteiger partial charge in [-0.2, -0.15) is 5.10 Å². The van der Waals surface area contributed by atoms with E-state index in [1.807, 2.05) is 18.2 Å². The predicted molar refractivity (Wildman–Crippen MR) is 155 cm³/mol. The van der Waals surface area contributed by atoms with Crippen molar-refractivity contribution in [1.29, 1.82) is 0 Å². The van der Waals surface area contributed by atoms with Crippen LogP contribution in [0.5, 0.6) is 5.75 Å². The van der Waals surface area contributed by atoms with Crippen LogP contribution in [-0.2, 0) is 21.5 Å². The van der Waals surface area contributed by atoms with E-state index < -0.39 is 5.41 Å². The number of amides is 1. The number of carbonyl (C=O) groups excluding carboxylic acids is 1. The highest BCUT2D eigenvalue weighted by molar-refractivity contribution is 6.10. The number of ether oxygens (including phenoxy) is 2. The molecule has 0 radical (unpaired) electrons. The number of rotatable bonds is 6. The van der Waals surface area contributed by atoms with E-state index in [0.717, 1.165) is 84.0 Å². The standard InChI is InChI=1S/C31H30N4O3.ClH/c1-37-23-8-11-28-25(17-23)31(30(36)32-28)18-26(31)22-7-9-24-27(33-34-29(24)16-22)10-6-20-2-4-21(5-3-20)19-35-12-14-38-15-13-35;/h2-11,16-17,26H,12-15,18-19H2,1H3,(H,32,36)(H,33,34);1H/t26-,31-;/m0./s1. The van der Waals surface area contributed by atoms with Crippen molar-refractivity contribution in [2.75, 3.05) is 38.7 Å². The molecule has 3 aromatic carbocycles. The van der Waals surface area contributed by atoms with Crippen LogP contribution in [0, 0.1) is 0 Å². The second kappa shape index (κ2) is 10.2. The number of H-pyrrole nitrogens is 1. The van der Waals surface area contributed by atoms with E-state index in [1.165, 1.54) is 5.56 Å². The highest BCUT2D eigenvalue weighted by atomic mass is 35.5. The number of hydrogen-bond acceptors (Lipinski definition) is 5. The summed E-state index contributed by atoms with van der Waals surface area (Å²) in [6, 6.07) is 20.9. The number of nitrogens with one attached hydrogen (secondary N) is 2. The lowest BCUT2D eigenvalue weighted by Gasteiger charge is -2.26. The molecule has 2 N–H and O–H groups in total. The van der Waals surface area contributed by atoms with Crippen molar-refractivity contribution in [3.05, 3.63) is 88.6 Å². The molecule has 4 aromatic rings. The molecule has 8 heteroatoms. The highest BCUT2D eigenvalue weighted by Crippen LogP contribution is 2.65. The Kier molecular flexibility index (Phi) is 6.67. The number of hydrogen-bond donors (Lipinski definition) is 2. The fourth-order valence-electron chi connectivity index (χ4n) is 6.03. The maximum Gasteiger partial charge on any atom is 0.235 e. The summed E-state index contributed by atoms with van der Waals surface area (Å²) in [5, 5.41) is 11.9. The predicted octanol–water partition coefficient (Wildman–Crippen LogP) is 5.37. The first kappa shape index (κ1) is 25.6. The lowest BCUT2D eigenvalue weighted by molar-refractivity contribution is -0.118. The van der Waals surface area contributed by atoms with Gasteiger partial charge in [0.1, 0.15) is 5.75 Å². The molecule has 1 saturated heterocycles. The maximum absolute atomic E-state index is 13.0. The average molecular weight is 543 g/mol. The Morgan fingerprint density at radius 3 is 2.69 bits per heavy atom. The first-order valence-electron chi connectivity index (χ1n) is 13.2. The van der Waals surface area contributed by atoms with Gasteiger partial charge in [-0.15, -0.1) is 12.4 Å². The molecule has 200 valence electrons. The third-order valence-electron chi connectivity index (χ3n) is 8.26. The van der Waals surface area contributed by atoms with Crippen molar-refractivity contribution in [2.24, 2.45) is 0 Å². The maximum atomic E-state index is 13.0. The fraction of sp³-hybridized carbons (Fsp3) is 0.290. The largest absolute Gasteiger partial charge is 0.497 e. The number of anilines is 1. The van der Waals surface area contributed by atoms with Crippen molar-refractivity contribution in [2.45, 2.75) is 24.3 Å². The normalized spacial score (nSPS) is 22.2. The molecule has 1 aromatic heterocycles. The summed E-state index contributed by atoms with van der Waals surface area (Å²) in [6.45, 7) is 4.59. The van der Waals surface area contributed by atoms with E-state index in [9.17, 15) is 4.79 Å². The number of fused-ring (bicyclic) bond motifs is 3. The van der Waals surface area contributed by atoms with Gasteiger partial charge in [-0.25, -0.2) is 0 Å². The summed E-state index contributed by atoms with van der Waals surface area (Å²) in [5.74, 6) is 0.992. The average Bonchev–Trinajstić information content (AvgIpc) is 3.50. The molecule has 2 aliphatic heterocycles. The monoisotopic (exact) mass is 542 g/mol. The first-order chi connectivity index (χ1) is 18.6. The Morgan fingerprint density at radius 1 is 1.08 bits per heavy atom. The van der Waals surface area contributed by atoms with Gasteiger partial charge in [-0.1, -0.05) is 42.5 Å². The molecule has 0 unspecified atom stereocenters. The Hall–Kier alpha value is -3.65. The summed E-state index contributed by atoms with van der Waals surface area (Å²) < 4.78 is 10.9. The molecule has 0 bridgehead atoms. The molecule has 1 amide bonds. The smallest absolute Gasteiger partial charge is 0.235 e. The summed E-state index contributed by atoms with van der Waals surface area (Å²) >= 11 is 0. The van der Waals surface area contributed by atoms with Gasteiger partial charge >= 0.3 is 0 Å². The number of halogens is 1. The van der Waals surface area contributed by atoms with E-state index >= 15 is 0 Å². The van der Waals surface area contributed by atoms with Crippen molar-refractivity contribution in [3.8, 4) is 5.75 Å². The zero-order valence-corrected chi connectivity index (χ0v) is 22.6. The number of aromatic amines is 1. The van der Waals surface area contributed by atoms with Crippen LogP contribution >= 0.6 is 12.4 Å². The van der Waals surface area contributed by atoms with Gasteiger partial charge in [-0.05, 0) is 59.0 Å². The van der Waals surface area contributed by atoms with Crippen LogP contribution in [0.2, 0.25) is 0 Å². The van der Waals surface area contributed by atoms with Gasteiger partial charge in [-0.3, -0.25) is 14.8 Å². The molecule has 1 saturated carbocycles. The highest BCUT2D eigenvalue weighted by Gasteiger charge is 2.65. The molecule has 7 rings (SSSR count). The van der Waals surface area contributed by atoms with Crippen LogP contribution < -0.4 is 10.1 Å². The molecule has 39 heavy (non-hydrogen) atoms. The van der Waals surface area contributed by atoms with Gasteiger partial charge in [0.05, 0.1) is 36.9 Å². The minimum Gasteiger partial charge on any atom is -0.497 e. The third kappa shape index (κ3) is 4.50. The number of morpholine rings is 1. The van der Waals surface area contributed by atoms with Gasteiger partial charge in [0.25, 0.3) is 0 Å². The summed E-state index contributed by atoms with van der Waals surface area (Å²) in [6.07, 6.45) is 4.96. The van der Waals surface area contributed by atoms with Crippen LogP contribution in [0.3, 0.4) is 0 Å². The van der Waals surface area contributed by atoms with E-state index in [1.54, 1.807) is 7.11 Å². The topological polar surface area (TPSA) is 79.5 Å². The molecule has 1 spiro atoms. The van der Waals surface area contributed by atoms with Crippen molar-refractivity contribution < 1.29 is 14.3 Å². The van der Waals surface area contributed by atoms with Gasteiger partial charge in [0.2, 0.25) is 5.91 Å². The number of carbonyl (C=O) groups is 1. The zero-order valence-electron chi connectivity index (χ0n) is 21.8. The van der Waals surface area contributed by atoms with E-state index in [2.05, 4.69) is 75.0 Å². The van der Waals surface area contributed by atoms with Crippen molar-refractivity contribution >= 4 is 47.1 Å². The summed E-state index contributed by atoms with van der Waals surface area (Å²) in [4.78, 5) is 15.4. The molecule has 1 aliphatic carbocycles. The lowest BCUT2D eigenvalue weighted by Crippen LogP contribution is -2.35. The van der Waals surface area contributed by atoms with E-state index in [4.69, 9.17) is 9.47 Å². The molecule has 7 nitrogen and oxygen atoms in total. The van der Waals surface area contributed by atoms with Crippen LogP contribution in [0.25, 0.3) is 23.1 Å². The minimum absolute atomic E-state index is 0. The quantitative estimate of drug-likeness (QED) is 0.342. The van der Waals surface area contributed by atoms with E-state index in [0.29, 0.717) is 0 Å². The van der Waals surface area contributed by atoms with Crippen LogP contribution in [-0.4, -0.2) is 54.4 Å². The van der Waals surface area contributed by atoms with Gasteiger partial charge < -0.3 is 14.8 Å².